The maximum absolute atomic E-state index is 11.5. The van der Waals surface area contributed by atoms with Crippen molar-refractivity contribution in [2.45, 2.75) is 57.6 Å². The summed E-state index contributed by atoms with van der Waals surface area (Å²) >= 11 is 0. The number of rotatable bonds is 12. The van der Waals surface area contributed by atoms with Crippen LogP contribution in [0.3, 0.4) is 0 Å². The number of benzene rings is 1. The summed E-state index contributed by atoms with van der Waals surface area (Å²) in [5, 5.41) is 21.4. The van der Waals surface area contributed by atoms with Crippen molar-refractivity contribution in [1.82, 2.24) is 14.8 Å². The molecule has 2 heterocycles. The largest absolute Gasteiger partial charge is 0.497 e. The number of aliphatic hydroxyl groups excluding tert-OH is 1. The number of carboxylic acid groups (broad SMARTS) is 1. The Bertz CT molecular complexity index is 875. The minimum absolute atomic E-state index is 0.0195. The molecule has 176 valence electrons. The molecule has 2 N–H and O–H groups in total. The van der Waals surface area contributed by atoms with Gasteiger partial charge in [-0.1, -0.05) is 32.6 Å². The third kappa shape index (κ3) is 6.64. The van der Waals surface area contributed by atoms with Gasteiger partial charge in [-0.05, 0) is 42.8 Å². The Kier molecular flexibility index (Phi) is 9.26. The maximum Gasteiger partial charge on any atom is 0.304 e. The van der Waals surface area contributed by atoms with Crippen LogP contribution in [0.2, 0.25) is 0 Å². The SMILES string of the molecule is CCCCCCCN1CCN(CC(O)c2ccnc3ccc(OC)cc23)C[C@H]1CC(=O)O. The number of pyridine rings is 1. The van der Waals surface area contributed by atoms with Crippen molar-refractivity contribution in [3.63, 3.8) is 0 Å². The average molecular weight is 444 g/mol. The number of aromatic nitrogens is 1. The number of carbonyl (C=O) groups is 1. The van der Waals surface area contributed by atoms with Gasteiger partial charge in [-0.15, -0.1) is 0 Å². The number of β-amino-alcohol motifs (C(OH)–C–C–N with tert-alkyl or cyclic N) is 1. The Balaban J connectivity index is 1.63. The van der Waals surface area contributed by atoms with E-state index in [1.807, 2.05) is 24.3 Å². The van der Waals surface area contributed by atoms with Crippen molar-refractivity contribution in [3.8, 4) is 5.75 Å². The highest BCUT2D eigenvalue weighted by Gasteiger charge is 2.29. The second kappa shape index (κ2) is 12.1. The number of carboxylic acids is 1. The first kappa shape index (κ1) is 24.4. The number of hydrogen-bond donors (Lipinski definition) is 2. The molecule has 0 radical (unpaired) electrons. The number of ether oxygens (including phenoxy) is 1. The standard InChI is InChI=1S/C25H37N3O4/c1-3-4-5-6-7-12-28-14-13-27(17-19(28)15-25(30)31)18-24(29)21-10-11-26-23-9-8-20(32-2)16-22(21)23/h8-11,16,19,24,29H,3-7,12-15,17-18H2,1-2H3,(H,30,31)/t19-,24?/m1/s1. The van der Waals surface area contributed by atoms with Gasteiger partial charge in [0.25, 0.3) is 0 Å². The highest BCUT2D eigenvalue weighted by molar-refractivity contribution is 5.83. The number of aliphatic carboxylic acids is 1. The maximum atomic E-state index is 11.5. The molecule has 2 aromatic rings. The van der Waals surface area contributed by atoms with Gasteiger partial charge in [0, 0.05) is 43.8 Å². The molecule has 1 unspecified atom stereocenters. The van der Waals surface area contributed by atoms with Crippen molar-refractivity contribution in [2.75, 3.05) is 39.8 Å². The molecular formula is C25H37N3O4. The number of fused-ring (bicyclic) bond motifs is 1. The average Bonchev–Trinajstić information content (AvgIpc) is 2.79. The number of unbranched alkanes of at least 4 members (excludes halogenated alkanes) is 4. The van der Waals surface area contributed by atoms with Crippen LogP contribution < -0.4 is 4.74 Å². The Labute approximate surface area is 191 Å². The van der Waals surface area contributed by atoms with E-state index in [0.29, 0.717) is 13.1 Å². The number of piperazine rings is 1. The minimum atomic E-state index is -0.763. The molecule has 1 fully saturated rings. The minimum Gasteiger partial charge on any atom is -0.497 e. The predicted molar refractivity (Wildman–Crippen MR) is 126 cm³/mol. The summed E-state index contributed by atoms with van der Waals surface area (Å²) in [5.74, 6) is -0.0337. The Hall–Kier alpha value is -2.22. The zero-order valence-electron chi connectivity index (χ0n) is 19.4. The van der Waals surface area contributed by atoms with Gasteiger partial charge in [0.1, 0.15) is 5.75 Å². The van der Waals surface area contributed by atoms with Crippen LogP contribution in [0.1, 0.15) is 57.1 Å². The quantitative estimate of drug-likeness (QED) is 0.484. The second-order valence-electron chi connectivity index (χ2n) is 8.76. The summed E-state index contributed by atoms with van der Waals surface area (Å²) in [6, 6.07) is 7.50. The lowest BCUT2D eigenvalue weighted by atomic mass is 10.0. The lowest BCUT2D eigenvalue weighted by molar-refractivity contribution is -0.139. The second-order valence-corrected chi connectivity index (χ2v) is 8.76. The topological polar surface area (TPSA) is 86.1 Å². The Morgan fingerprint density at radius 3 is 2.78 bits per heavy atom. The van der Waals surface area contributed by atoms with Crippen LogP contribution in [0.15, 0.2) is 30.5 Å². The summed E-state index contributed by atoms with van der Waals surface area (Å²) in [6.07, 6.45) is 7.22. The van der Waals surface area contributed by atoms with Crippen LogP contribution in [0.5, 0.6) is 5.75 Å². The van der Waals surface area contributed by atoms with Gasteiger partial charge in [0.05, 0.1) is 25.2 Å². The molecule has 7 nitrogen and oxygen atoms in total. The number of methoxy groups -OCH3 is 1. The molecule has 3 rings (SSSR count). The van der Waals surface area contributed by atoms with Crippen LogP contribution in [-0.2, 0) is 4.79 Å². The van der Waals surface area contributed by atoms with Gasteiger partial charge in [-0.3, -0.25) is 19.6 Å². The molecule has 1 aliphatic rings. The molecule has 1 aromatic heterocycles. The molecule has 0 spiro atoms. The molecule has 1 aliphatic heterocycles. The highest BCUT2D eigenvalue weighted by Crippen LogP contribution is 2.28. The molecule has 0 saturated carbocycles. The third-order valence-electron chi connectivity index (χ3n) is 6.42. The summed E-state index contributed by atoms with van der Waals surface area (Å²) in [5.41, 5.74) is 1.64. The van der Waals surface area contributed by atoms with Crippen molar-refractivity contribution >= 4 is 16.9 Å². The molecular weight excluding hydrogens is 406 g/mol. The molecule has 0 bridgehead atoms. The lowest BCUT2D eigenvalue weighted by Crippen LogP contribution is -2.54. The van der Waals surface area contributed by atoms with E-state index in [1.54, 1.807) is 13.3 Å². The van der Waals surface area contributed by atoms with Crippen molar-refractivity contribution < 1.29 is 19.7 Å². The van der Waals surface area contributed by atoms with Crippen LogP contribution in [-0.4, -0.2) is 76.8 Å². The predicted octanol–water partition coefficient (Wildman–Crippen LogP) is 3.71. The van der Waals surface area contributed by atoms with Gasteiger partial charge in [-0.2, -0.15) is 0 Å². The van der Waals surface area contributed by atoms with E-state index in [9.17, 15) is 15.0 Å². The van der Waals surface area contributed by atoms with E-state index < -0.39 is 12.1 Å². The first-order valence-corrected chi connectivity index (χ1v) is 11.8. The summed E-state index contributed by atoms with van der Waals surface area (Å²) in [6.45, 7) is 5.95. The molecule has 1 aromatic carbocycles. The van der Waals surface area contributed by atoms with E-state index in [0.717, 1.165) is 48.3 Å². The smallest absolute Gasteiger partial charge is 0.304 e. The fourth-order valence-electron chi connectivity index (χ4n) is 4.64. The van der Waals surface area contributed by atoms with Crippen molar-refractivity contribution in [3.05, 3.63) is 36.0 Å². The normalized spacial score (nSPS) is 18.7. The van der Waals surface area contributed by atoms with Crippen molar-refractivity contribution in [2.24, 2.45) is 0 Å². The molecule has 1 saturated heterocycles. The van der Waals surface area contributed by atoms with E-state index in [-0.39, 0.29) is 12.5 Å². The van der Waals surface area contributed by atoms with Gasteiger partial charge >= 0.3 is 5.97 Å². The van der Waals surface area contributed by atoms with Gasteiger partial charge in [0.2, 0.25) is 0 Å². The summed E-state index contributed by atoms with van der Waals surface area (Å²) < 4.78 is 5.34. The molecule has 0 aliphatic carbocycles. The van der Waals surface area contributed by atoms with Crippen LogP contribution >= 0.6 is 0 Å². The Morgan fingerprint density at radius 1 is 1.22 bits per heavy atom. The molecule has 0 amide bonds. The summed E-state index contributed by atoms with van der Waals surface area (Å²) in [4.78, 5) is 20.4. The monoisotopic (exact) mass is 443 g/mol. The van der Waals surface area contributed by atoms with E-state index in [2.05, 4.69) is 21.7 Å². The zero-order chi connectivity index (χ0) is 22.9. The number of hydrogen-bond acceptors (Lipinski definition) is 6. The fourth-order valence-corrected chi connectivity index (χ4v) is 4.64. The van der Waals surface area contributed by atoms with E-state index in [4.69, 9.17) is 4.74 Å². The van der Waals surface area contributed by atoms with Crippen LogP contribution in [0.4, 0.5) is 0 Å². The van der Waals surface area contributed by atoms with Gasteiger partial charge < -0.3 is 14.9 Å². The van der Waals surface area contributed by atoms with Gasteiger partial charge in [-0.25, -0.2) is 0 Å². The first-order chi connectivity index (χ1) is 15.5. The molecule has 2 atom stereocenters. The summed E-state index contributed by atoms with van der Waals surface area (Å²) in [7, 11) is 1.62. The number of nitrogens with zero attached hydrogens (tertiary/aromatic N) is 3. The molecule has 32 heavy (non-hydrogen) atoms. The van der Waals surface area contributed by atoms with Crippen LogP contribution in [0, 0.1) is 0 Å². The highest BCUT2D eigenvalue weighted by atomic mass is 16.5. The first-order valence-electron chi connectivity index (χ1n) is 11.8. The van der Waals surface area contributed by atoms with Crippen molar-refractivity contribution in [1.29, 1.82) is 0 Å². The third-order valence-corrected chi connectivity index (χ3v) is 6.42. The van der Waals surface area contributed by atoms with E-state index >= 15 is 0 Å². The zero-order valence-corrected chi connectivity index (χ0v) is 19.4. The Morgan fingerprint density at radius 2 is 2.03 bits per heavy atom. The van der Waals surface area contributed by atoms with E-state index in [1.165, 1.54) is 25.7 Å². The lowest BCUT2D eigenvalue weighted by Gasteiger charge is -2.41. The van der Waals surface area contributed by atoms with Gasteiger partial charge in [0.15, 0.2) is 0 Å². The van der Waals surface area contributed by atoms with Crippen LogP contribution in [0.25, 0.3) is 10.9 Å². The fraction of sp³-hybridized carbons (Fsp3) is 0.600. The molecule has 7 heteroatoms. The number of aliphatic hydroxyl groups is 1.